The summed E-state index contributed by atoms with van der Waals surface area (Å²) in [6.07, 6.45) is 24.6. The molecule has 0 aliphatic heterocycles. The van der Waals surface area contributed by atoms with Crippen molar-refractivity contribution < 1.29 is 14.3 Å². The maximum atomic E-state index is 11.8. The first kappa shape index (κ1) is 25.4. The molecule has 0 radical (unpaired) electrons. The van der Waals surface area contributed by atoms with Gasteiger partial charge in [0.2, 0.25) is 0 Å². The Hall–Kier alpha value is -1.64. The Balaban J connectivity index is 3.52. The van der Waals surface area contributed by atoms with E-state index in [9.17, 15) is 9.59 Å². The molecule has 0 saturated carbocycles. The lowest BCUT2D eigenvalue weighted by Crippen LogP contribution is -2.08. The number of ether oxygens (including phenoxy) is 1. The molecule has 0 heterocycles. The lowest BCUT2D eigenvalue weighted by molar-refractivity contribution is -0.145. The Morgan fingerprint density at radius 2 is 1.33 bits per heavy atom. The minimum Gasteiger partial charge on any atom is -0.466 e. The summed E-state index contributed by atoms with van der Waals surface area (Å²) in [5, 5.41) is 0. The molecule has 0 fully saturated rings. The number of allylic oxidation sites excluding steroid dienone is 6. The molecule has 0 rings (SSSR count). The zero-order valence-electron chi connectivity index (χ0n) is 17.6. The van der Waals surface area contributed by atoms with E-state index in [1.54, 1.807) is 0 Å². The summed E-state index contributed by atoms with van der Waals surface area (Å²) in [5.41, 5.74) is 0. The summed E-state index contributed by atoms with van der Waals surface area (Å²) < 4.78 is 5.14. The van der Waals surface area contributed by atoms with E-state index in [1.807, 2.05) is 6.08 Å². The second kappa shape index (κ2) is 20.7. The van der Waals surface area contributed by atoms with Gasteiger partial charge < -0.3 is 4.74 Å². The predicted octanol–water partition coefficient (Wildman–Crippen LogP) is 6.88. The first-order chi connectivity index (χ1) is 13.2. The summed E-state index contributed by atoms with van der Waals surface area (Å²) in [4.78, 5) is 23.4. The van der Waals surface area contributed by atoms with Crippen LogP contribution in [0, 0.1) is 0 Å². The monoisotopic (exact) mass is 376 g/mol. The predicted molar refractivity (Wildman–Crippen MR) is 115 cm³/mol. The normalized spacial score (nSPS) is 11.8. The van der Waals surface area contributed by atoms with Gasteiger partial charge in [-0.3, -0.25) is 9.59 Å². The highest BCUT2D eigenvalue weighted by Crippen LogP contribution is 2.06. The van der Waals surface area contributed by atoms with Gasteiger partial charge in [-0.1, -0.05) is 82.4 Å². The van der Waals surface area contributed by atoms with Crippen LogP contribution in [0.15, 0.2) is 36.5 Å². The van der Waals surface area contributed by atoms with Crippen molar-refractivity contribution in [3.05, 3.63) is 36.5 Å². The largest absolute Gasteiger partial charge is 0.466 e. The van der Waals surface area contributed by atoms with E-state index in [1.165, 1.54) is 25.7 Å². The number of Topliss-reactive ketones (excluding diaryl/α,β-unsaturated/α-hetero) is 1. The van der Waals surface area contributed by atoms with Gasteiger partial charge >= 0.3 is 5.97 Å². The first-order valence-electron chi connectivity index (χ1n) is 10.9. The zero-order chi connectivity index (χ0) is 20.0. The molecule has 0 aliphatic carbocycles. The highest BCUT2D eigenvalue weighted by molar-refractivity contribution is 5.82. The van der Waals surface area contributed by atoms with E-state index in [-0.39, 0.29) is 18.2 Å². The highest BCUT2D eigenvalue weighted by atomic mass is 16.5. The third-order valence-corrected chi connectivity index (χ3v) is 4.28. The van der Waals surface area contributed by atoms with Crippen LogP contribution in [0.25, 0.3) is 0 Å². The fraction of sp³-hybridized carbons (Fsp3) is 0.667. The molecule has 0 aromatic rings. The minimum absolute atomic E-state index is 0.166. The second-order valence-corrected chi connectivity index (χ2v) is 6.95. The maximum absolute atomic E-state index is 11.8. The smallest absolute Gasteiger partial charge is 0.306 e. The molecule has 0 spiro atoms. The molecule has 0 aromatic heterocycles. The molecule has 0 unspecified atom stereocenters. The fourth-order valence-corrected chi connectivity index (χ4v) is 2.54. The van der Waals surface area contributed by atoms with Crippen molar-refractivity contribution in [2.24, 2.45) is 0 Å². The van der Waals surface area contributed by atoms with Gasteiger partial charge in [0.1, 0.15) is 5.78 Å². The van der Waals surface area contributed by atoms with E-state index in [2.05, 4.69) is 44.2 Å². The summed E-state index contributed by atoms with van der Waals surface area (Å²) in [5.74, 6) is -0.0719. The van der Waals surface area contributed by atoms with E-state index in [4.69, 9.17) is 4.74 Å². The molecular formula is C24H40O3. The van der Waals surface area contributed by atoms with Crippen LogP contribution in [-0.2, 0) is 14.3 Å². The number of rotatable bonds is 18. The standard InChI is InChI=1S/C24H40O3/c1-3-5-7-9-10-11-12-13-14-15-16-17-19-23(25)20-21-24(26)27-22-18-8-6-4-2/h9-14H,3-8,15-22H2,1-2H3. The summed E-state index contributed by atoms with van der Waals surface area (Å²) in [6, 6.07) is 0. The van der Waals surface area contributed by atoms with Gasteiger partial charge in [0.15, 0.2) is 0 Å². The van der Waals surface area contributed by atoms with Gasteiger partial charge in [-0.25, -0.2) is 0 Å². The highest BCUT2D eigenvalue weighted by Gasteiger charge is 2.07. The van der Waals surface area contributed by atoms with Crippen molar-refractivity contribution in [3.63, 3.8) is 0 Å². The molecule has 3 heteroatoms. The van der Waals surface area contributed by atoms with Gasteiger partial charge in [-0.15, -0.1) is 0 Å². The van der Waals surface area contributed by atoms with E-state index in [0.29, 0.717) is 19.4 Å². The molecule has 0 saturated heterocycles. The SMILES string of the molecule is CCCCC=CC=CC=CCCCCC(=O)CCC(=O)OCCCCCC. The van der Waals surface area contributed by atoms with Crippen molar-refractivity contribution in [1.29, 1.82) is 0 Å². The number of hydrogen-bond acceptors (Lipinski definition) is 3. The number of esters is 1. The van der Waals surface area contributed by atoms with Gasteiger partial charge in [0.25, 0.3) is 0 Å². The number of hydrogen-bond donors (Lipinski definition) is 0. The molecule has 0 amide bonds. The minimum atomic E-state index is -0.238. The van der Waals surface area contributed by atoms with Crippen molar-refractivity contribution in [2.45, 2.75) is 97.3 Å². The molecule has 27 heavy (non-hydrogen) atoms. The molecule has 3 nitrogen and oxygen atoms in total. The van der Waals surface area contributed by atoms with Crippen molar-refractivity contribution in [1.82, 2.24) is 0 Å². The average molecular weight is 377 g/mol. The molecule has 0 bridgehead atoms. The molecule has 0 aromatic carbocycles. The van der Waals surface area contributed by atoms with Crippen LogP contribution in [0.5, 0.6) is 0 Å². The van der Waals surface area contributed by atoms with E-state index in [0.717, 1.165) is 38.5 Å². The summed E-state index contributed by atoms with van der Waals surface area (Å²) >= 11 is 0. The summed E-state index contributed by atoms with van der Waals surface area (Å²) in [6.45, 7) is 4.84. The average Bonchev–Trinajstić information content (AvgIpc) is 2.67. The van der Waals surface area contributed by atoms with E-state index < -0.39 is 0 Å². The van der Waals surface area contributed by atoms with Gasteiger partial charge in [0.05, 0.1) is 13.0 Å². The maximum Gasteiger partial charge on any atom is 0.306 e. The Kier molecular flexibility index (Phi) is 19.4. The quantitative estimate of drug-likeness (QED) is 0.149. The Labute approximate surface area is 167 Å². The number of carbonyl (C=O) groups is 2. The van der Waals surface area contributed by atoms with Crippen LogP contribution in [0.4, 0.5) is 0 Å². The fourth-order valence-electron chi connectivity index (χ4n) is 2.54. The van der Waals surface area contributed by atoms with Gasteiger partial charge in [-0.05, 0) is 32.1 Å². The molecule has 0 aliphatic rings. The van der Waals surface area contributed by atoms with Crippen LogP contribution >= 0.6 is 0 Å². The van der Waals surface area contributed by atoms with Crippen molar-refractivity contribution >= 4 is 11.8 Å². The van der Waals surface area contributed by atoms with Crippen LogP contribution in [0.2, 0.25) is 0 Å². The Morgan fingerprint density at radius 1 is 0.667 bits per heavy atom. The first-order valence-corrected chi connectivity index (χ1v) is 10.9. The summed E-state index contributed by atoms with van der Waals surface area (Å²) in [7, 11) is 0. The molecule has 154 valence electrons. The van der Waals surface area contributed by atoms with Crippen LogP contribution in [0.3, 0.4) is 0 Å². The van der Waals surface area contributed by atoms with E-state index >= 15 is 0 Å². The topological polar surface area (TPSA) is 43.4 Å². The lowest BCUT2D eigenvalue weighted by atomic mass is 10.1. The van der Waals surface area contributed by atoms with Crippen LogP contribution in [-0.4, -0.2) is 18.4 Å². The second-order valence-electron chi connectivity index (χ2n) is 6.95. The number of ketones is 1. The van der Waals surface area contributed by atoms with Crippen molar-refractivity contribution in [2.75, 3.05) is 6.61 Å². The Morgan fingerprint density at radius 3 is 2.00 bits per heavy atom. The van der Waals surface area contributed by atoms with Gasteiger partial charge in [0, 0.05) is 12.8 Å². The number of carbonyl (C=O) groups excluding carboxylic acids is 2. The van der Waals surface area contributed by atoms with Crippen LogP contribution in [0.1, 0.15) is 97.3 Å². The Bertz CT molecular complexity index is 447. The van der Waals surface area contributed by atoms with Crippen molar-refractivity contribution in [3.8, 4) is 0 Å². The number of unbranched alkanes of at least 4 members (excludes halogenated alkanes) is 7. The third-order valence-electron chi connectivity index (χ3n) is 4.28. The van der Waals surface area contributed by atoms with Gasteiger partial charge in [-0.2, -0.15) is 0 Å². The lowest BCUT2D eigenvalue weighted by Gasteiger charge is -2.04. The molecule has 0 atom stereocenters. The third kappa shape index (κ3) is 20.5. The zero-order valence-corrected chi connectivity index (χ0v) is 17.6. The molecular weight excluding hydrogens is 336 g/mol. The van der Waals surface area contributed by atoms with Crippen LogP contribution < -0.4 is 0 Å². The molecule has 0 N–H and O–H groups in total.